The Balaban J connectivity index is 2.26. The third kappa shape index (κ3) is 2.94. The molecule has 0 aliphatic heterocycles. The van der Waals surface area contributed by atoms with E-state index in [1.807, 2.05) is 0 Å². The quantitative estimate of drug-likeness (QED) is 0.620. The van der Waals surface area contributed by atoms with Crippen LogP contribution >= 0.6 is 0 Å². The van der Waals surface area contributed by atoms with E-state index >= 15 is 0 Å². The van der Waals surface area contributed by atoms with E-state index in [9.17, 15) is 4.39 Å². The summed E-state index contributed by atoms with van der Waals surface area (Å²) < 4.78 is 25.4. The van der Waals surface area contributed by atoms with Crippen LogP contribution in [0.25, 0.3) is 11.2 Å². The van der Waals surface area contributed by atoms with Crippen molar-refractivity contribution in [1.82, 2.24) is 19.5 Å². The number of halogens is 1. The summed E-state index contributed by atoms with van der Waals surface area (Å²) >= 11 is 0. The van der Waals surface area contributed by atoms with Gasteiger partial charge in [-0.2, -0.15) is 14.4 Å². The molecule has 0 saturated carbocycles. The topological polar surface area (TPSA) is 88.1 Å². The normalized spacial score (nSPS) is 14.0. The molecule has 2 heterocycles. The number of hydrogen-bond acceptors (Lipinski definition) is 6. The Hall–Kier alpha value is -2.24. The average Bonchev–Trinajstić information content (AvgIpc) is 2.87. The highest BCUT2D eigenvalue weighted by molar-refractivity contribution is 5.81. The number of fused-ring (bicyclic) bond motifs is 1. The Morgan fingerprint density at radius 2 is 2.24 bits per heavy atom. The van der Waals surface area contributed by atoms with Gasteiger partial charge >= 0.3 is 6.08 Å². The van der Waals surface area contributed by atoms with Crippen molar-refractivity contribution in [3.05, 3.63) is 12.4 Å². The van der Waals surface area contributed by atoms with Gasteiger partial charge < -0.3 is 19.8 Å². The van der Waals surface area contributed by atoms with Gasteiger partial charge in [0.05, 0.1) is 12.9 Å². The number of aromatic nitrogens is 4. The first-order valence-electron chi connectivity index (χ1n) is 6.21. The van der Waals surface area contributed by atoms with Crippen LogP contribution in [0.1, 0.15) is 6.42 Å². The lowest BCUT2D eigenvalue weighted by atomic mass is 10.0. The number of nitrogens with zero attached hydrogens (tertiary/aromatic N) is 4. The van der Waals surface area contributed by atoms with Crippen molar-refractivity contribution in [2.24, 2.45) is 0 Å². The summed E-state index contributed by atoms with van der Waals surface area (Å²) in [4.78, 5) is 11.2. The number of terminal acetylenes is 1. The van der Waals surface area contributed by atoms with Gasteiger partial charge in [-0.15, -0.1) is 6.42 Å². The summed E-state index contributed by atoms with van der Waals surface area (Å²) in [6.07, 6.45) is 6.59. The van der Waals surface area contributed by atoms with Crippen molar-refractivity contribution in [3.8, 4) is 12.3 Å². The number of nitrogens with two attached hydrogens (primary N) is 1. The number of methoxy groups -OCH3 is 2. The van der Waals surface area contributed by atoms with Crippen LogP contribution in [0.15, 0.2) is 6.33 Å². The van der Waals surface area contributed by atoms with Crippen LogP contribution in [0.2, 0.25) is 0 Å². The molecule has 0 amide bonds. The lowest BCUT2D eigenvalue weighted by Crippen LogP contribution is -2.36. The lowest BCUT2D eigenvalue weighted by molar-refractivity contribution is -0.0294. The van der Waals surface area contributed by atoms with Gasteiger partial charge in [0.1, 0.15) is 5.52 Å². The summed E-state index contributed by atoms with van der Waals surface area (Å²) in [6.45, 7) is 0.673. The van der Waals surface area contributed by atoms with Crippen LogP contribution in [0.4, 0.5) is 10.2 Å². The lowest BCUT2D eigenvalue weighted by Gasteiger charge is -2.26. The molecule has 1 unspecified atom stereocenters. The molecule has 2 aromatic heterocycles. The molecule has 0 bridgehead atoms. The van der Waals surface area contributed by atoms with Gasteiger partial charge in [0, 0.05) is 27.2 Å². The van der Waals surface area contributed by atoms with Gasteiger partial charge in [-0.25, -0.2) is 4.98 Å². The maximum Gasteiger partial charge on any atom is 0.312 e. The Bertz CT molecular complexity index is 681. The maximum absolute atomic E-state index is 13.3. The molecule has 0 spiro atoms. The standard InChI is InChI=1S/C13H16FN5O2/c1-4-13(21-3,7-20-2)5-6-19-8-16-9-10(15)17-12(14)18-11(9)19/h1,8H,5-7H2,2-3H3,(H2,15,17,18). The molecule has 0 saturated heterocycles. The molecule has 2 aromatic rings. The van der Waals surface area contributed by atoms with E-state index in [1.54, 1.807) is 11.7 Å². The molecule has 0 fully saturated rings. The van der Waals surface area contributed by atoms with E-state index in [4.69, 9.17) is 21.6 Å². The smallest absolute Gasteiger partial charge is 0.312 e. The summed E-state index contributed by atoms with van der Waals surface area (Å²) in [5.74, 6) is 2.59. The molecule has 21 heavy (non-hydrogen) atoms. The number of anilines is 1. The van der Waals surface area contributed by atoms with Crippen LogP contribution in [0, 0.1) is 18.4 Å². The number of hydrogen-bond donors (Lipinski definition) is 1. The number of imidazole rings is 1. The second-order valence-electron chi connectivity index (χ2n) is 4.51. The Morgan fingerprint density at radius 1 is 1.48 bits per heavy atom. The van der Waals surface area contributed by atoms with Gasteiger partial charge in [-0.1, -0.05) is 5.92 Å². The zero-order valence-electron chi connectivity index (χ0n) is 11.8. The second kappa shape index (κ2) is 6.03. The predicted molar refractivity (Wildman–Crippen MR) is 74.8 cm³/mol. The summed E-state index contributed by atoms with van der Waals surface area (Å²) in [5, 5.41) is 0. The van der Waals surface area contributed by atoms with E-state index in [-0.39, 0.29) is 12.4 Å². The van der Waals surface area contributed by atoms with Crippen molar-refractivity contribution in [2.75, 3.05) is 26.6 Å². The van der Waals surface area contributed by atoms with Crippen LogP contribution in [-0.2, 0) is 16.0 Å². The minimum absolute atomic E-state index is 0.00287. The zero-order chi connectivity index (χ0) is 15.5. The fraction of sp³-hybridized carbons (Fsp3) is 0.462. The van der Waals surface area contributed by atoms with Crippen molar-refractivity contribution in [1.29, 1.82) is 0 Å². The molecule has 0 aromatic carbocycles. The molecular formula is C13H16FN5O2. The van der Waals surface area contributed by atoms with Gasteiger partial charge in [-0.05, 0) is 0 Å². The van der Waals surface area contributed by atoms with Crippen LogP contribution in [0.5, 0.6) is 0 Å². The molecule has 1 atom stereocenters. The van der Waals surface area contributed by atoms with Gasteiger partial charge in [0.25, 0.3) is 0 Å². The summed E-state index contributed by atoms with van der Waals surface area (Å²) in [7, 11) is 3.06. The SMILES string of the molecule is C#CC(CCn1cnc2c(N)nc(F)nc21)(COC)OC. The third-order valence-corrected chi connectivity index (χ3v) is 3.25. The number of ether oxygens (including phenoxy) is 2. The van der Waals surface area contributed by atoms with Crippen LogP contribution in [-0.4, -0.2) is 45.9 Å². The Kier molecular flexibility index (Phi) is 4.35. The fourth-order valence-electron chi connectivity index (χ4n) is 2.04. The summed E-state index contributed by atoms with van der Waals surface area (Å²) in [6, 6.07) is 0. The molecule has 0 aliphatic carbocycles. The number of rotatable bonds is 6. The van der Waals surface area contributed by atoms with Crippen molar-refractivity contribution >= 4 is 17.0 Å². The molecule has 2 N–H and O–H groups in total. The molecule has 0 radical (unpaired) electrons. The van der Waals surface area contributed by atoms with Crippen molar-refractivity contribution in [2.45, 2.75) is 18.6 Å². The average molecular weight is 293 g/mol. The molecule has 8 heteroatoms. The van der Waals surface area contributed by atoms with Crippen molar-refractivity contribution < 1.29 is 13.9 Å². The molecule has 0 aliphatic rings. The first-order chi connectivity index (χ1) is 10.0. The molecule has 2 rings (SSSR count). The Labute approximate surface area is 121 Å². The molecule has 7 nitrogen and oxygen atoms in total. The van der Waals surface area contributed by atoms with Crippen LogP contribution < -0.4 is 5.73 Å². The minimum Gasteiger partial charge on any atom is -0.382 e. The third-order valence-electron chi connectivity index (χ3n) is 3.25. The maximum atomic E-state index is 13.3. The predicted octanol–water partition coefficient (Wildman–Crippen LogP) is 0.603. The van der Waals surface area contributed by atoms with Gasteiger partial charge in [0.15, 0.2) is 17.1 Å². The van der Waals surface area contributed by atoms with E-state index in [2.05, 4.69) is 20.9 Å². The van der Waals surface area contributed by atoms with Gasteiger partial charge in [0.2, 0.25) is 0 Å². The highest BCUT2D eigenvalue weighted by Crippen LogP contribution is 2.20. The zero-order valence-corrected chi connectivity index (χ0v) is 11.8. The second-order valence-corrected chi connectivity index (χ2v) is 4.51. The summed E-state index contributed by atoms with van der Waals surface area (Å²) in [5.41, 5.74) is 5.42. The monoisotopic (exact) mass is 293 g/mol. The number of nitrogen functional groups attached to an aromatic ring is 1. The largest absolute Gasteiger partial charge is 0.382 e. The van der Waals surface area contributed by atoms with E-state index in [0.717, 1.165) is 0 Å². The highest BCUT2D eigenvalue weighted by atomic mass is 19.1. The first-order valence-corrected chi connectivity index (χ1v) is 6.21. The van der Waals surface area contributed by atoms with Gasteiger partial charge in [-0.3, -0.25) is 0 Å². The first kappa shape index (κ1) is 15.2. The highest BCUT2D eigenvalue weighted by Gasteiger charge is 2.27. The molecular weight excluding hydrogens is 277 g/mol. The van der Waals surface area contributed by atoms with Crippen LogP contribution in [0.3, 0.4) is 0 Å². The fourth-order valence-corrected chi connectivity index (χ4v) is 2.04. The van der Waals surface area contributed by atoms with E-state index in [0.29, 0.717) is 24.1 Å². The molecule has 112 valence electrons. The Morgan fingerprint density at radius 3 is 2.86 bits per heavy atom. The van der Waals surface area contributed by atoms with Crippen molar-refractivity contribution in [3.63, 3.8) is 0 Å². The number of aryl methyl sites for hydroxylation is 1. The van der Waals surface area contributed by atoms with E-state index in [1.165, 1.54) is 13.4 Å². The minimum atomic E-state index is -0.895. The van der Waals surface area contributed by atoms with E-state index < -0.39 is 11.7 Å².